The van der Waals surface area contributed by atoms with E-state index < -0.39 is 31.3 Å². The largest absolute Gasteiger partial charge is 0.489 e. The minimum atomic E-state index is -3.06. The van der Waals surface area contributed by atoms with Crippen LogP contribution in [-0.4, -0.2) is 36.7 Å². The Morgan fingerprint density at radius 3 is 2.57 bits per heavy atom. The maximum Gasteiger partial charge on any atom is 0.387 e. The second-order valence-electron chi connectivity index (χ2n) is 8.10. The molecule has 9 nitrogen and oxygen atoms in total. The lowest BCUT2D eigenvalue weighted by Gasteiger charge is -2.21. The fourth-order valence-corrected chi connectivity index (χ4v) is 3.84. The molecule has 0 bridgehead atoms. The van der Waals surface area contributed by atoms with Crippen LogP contribution in [0.25, 0.3) is 0 Å². The molecule has 1 aromatic carbocycles. The molecule has 0 saturated heterocycles. The van der Waals surface area contributed by atoms with Crippen LogP contribution in [-0.2, 0) is 20.7 Å². The van der Waals surface area contributed by atoms with Gasteiger partial charge in [-0.05, 0) is 36.5 Å². The van der Waals surface area contributed by atoms with Crippen LogP contribution in [0.1, 0.15) is 40.6 Å². The number of benzene rings is 1. The monoisotopic (exact) mass is 557 g/mol. The molecule has 0 amide bonds. The lowest BCUT2D eigenvalue weighted by Crippen LogP contribution is -2.21. The number of carbonyl (C=O) groups is 2. The van der Waals surface area contributed by atoms with E-state index in [0.717, 1.165) is 25.5 Å². The smallest absolute Gasteiger partial charge is 0.387 e. The minimum Gasteiger partial charge on any atom is -0.489 e. The number of alkyl halides is 2. The van der Waals surface area contributed by atoms with Gasteiger partial charge in [0.25, 0.3) is 0 Å². The molecule has 0 spiro atoms. The van der Waals surface area contributed by atoms with E-state index in [-0.39, 0.29) is 33.7 Å². The van der Waals surface area contributed by atoms with Crippen molar-refractivity contribution in [2.75, 3.05) is 13.2 Å². The highest BCUT2D eigenvalue weighted by atomic mass is 35.5. The molecule has 1 saturated carbocycles. The number of H-pyrrole nitrogens is 1. The van der Waals surface area contributed by atoms with Gasteiger partial charge in [0.15, 0.2) is 42.6 Å². The number of nitrogens with one attached hydrogen (secondary N) is 1. The number of aromatic nitrogens is 2. The van der Waals surface area contributed by atoms with Crippen molar-refractivity contribution in [2.24, 2.45) is 5.92 Å². The molecule has 37 heavy (non-hydrogen) atoms. The Balaban J connectivity index is 1.56. The van der Waals surface area contributed by atoms with Crippen molar-refractivity contribution in [3.8, 4) is 11.5 Å². The Bertz CT molecular complexity index is 1220. The van der Waals surface area contributed by atoms with Gasteiger partial charge in [0, 0.05) is 12.0 Å². The van der Waals surface area contributed by atoms with Gasteiger partial charge in [-0.25, -0.2) is 19.6 Å². The number of rotatable bonds is 12. The minimum absolute atomic E-state index is 0.0203. The van der Waals surface area contributed by atoms with Gasteiger partial charge in [0.1, 0.15) is 22.4 Å². The first kappa shape index (κ1) is 26.6. The molecule has 2 aromatic heterocycles. The molecular formula is C24H21Cl2F2N2O7+. The Morgan fingerprint density at radius 1 is 1.16 bits per heavy atom. The van der Waals surface area contributed by atoms with Crippen LogP contribution in [0, 0.1) is 5.92 Å². The highest BCUT2D eigenvalue weighted by Crippen LogP contribution is 2.37. The number of hydrogen-bond donors (Lipinski definition) is 0. The number of halogens is 4. The Morgan fingerprint density at radius 2 is 1.92 bits per heavy atom. The number of hydrogen-bond acceptors (Lipinski definition) is 8. The summed E-state index contributed by atoms with van der Waals surface area (Å²) in [5, 5.41) is 0.572. The highest BCUT2D eigenvalue weighted by Gasteiger charge is 2.26. The van der Waals surface area contributed by atoms with Crippen LogP contribution < -0.4 is 14.5 Å². The zero-order valence-corrected chi connectivity index (χ0v) is 20.6. The zero-order valence-electron chi connectivity index (χ0n) is 19.1. The van der Waals surface area contributed by atoms with Crippen molar-refractivity contribution in [1.82, 2.24) is 4.98 Å². The van der Waals surface area contributed by atoms with Gasteiger partial charge in [0.2, 0.25) is 0 Å². The summed E-state index contributed by atoms with van der Waals surface area (Å²) in [5.41, 5.74) is 0.743. The average Bonchev–Trinajstić information content (AvgIpc) is 3.53. The van der Waals surface area contributed by atoms with Gasteiger partial charge >= 0.3 is 18.6 Å². The average molecular weight is 558 g/mol. The molecular weight excluding hydrogens is 537 g/mol. The summed E-state index contributed by atoms with van der Waals surface area (Å²) in [5.74, 6) is -1.51. The summed E-state index contributed by atoms with van der Waals surface area (Å²) >= 11 is 12.6. The maximum absolute atomic E-state index is 12.9. The number of nitrogens with zero attached hydrogens (tertiary/aromatic N) is 1. The first-order chi connectivity index (χ1) is 17.8. The van der Waals surface area contributed by atoms with Crippen LogP contribution >= 0.6 is 23.2 Å². The summed E-state index contributed by atoms with van der Waals surface area (Å²) in [6, 6.07) is 4.21. The van der Waals surface area contributed by atoms with E-state index in [1.807, 2.05) is 0 Å². The van der Waals surface area contributed by atoms with Gasteiger partial charge in [-0.15, -0.1) is 0 Å². The van der Waals surface area contributed by atoms with Crippen LogP contribution in [0.2, 0.25) is 10.0 Å². The molecule has 3 aromatic rings. The predicted molar refractivity (Wildman–Crippen MR) is 124 cm³/mol. The number of ether oxygens (including phenoxy) is 4. The first-order valence-electron chi connectivity index (χ1n) is 11.1. The number of aromatic amines is 1. The summed E-state index contributed by atoms with van der Waals surface area (Å²) in [4.78, 5) is 31.0. The van der Waals surface area contributed by atoms with E-state index in [0.29, 0.717) is 23.7 Å². The number of carbonyl (C=O) groups excluding carboxylic acids is 2. The standard InChI is InChI=1S/C24H20Cl2F2N2O7/c25-16-7-29-8-17(26)15(16)6-20(36-22(31)11-35-23(32)18-10-33-12-30-18)14-3-4-19(37-24(27)28)21(5-14)34-9-13-1-2-13/h3-5,7-8,10,12-13,20,24H,1-2,6,9,11H2/p+1/t20-/m0/s1. The maximum atomic E-state index is 12.9. The quantitative estimate of drug-likeness (QED) is 0.290. The normalized spacial score (nSPS) is 13.8. The number of pyridine rings is 1. The highest BCUT2D eigenvalue weighted by molar-refractivity contribution is 6.35. The predicted octanol–water partition coefficient (Wildman–Crippen LogP) is 4.87. The molecule has 0 unspecified atom stereocenters. The number of esters is 2. The van der Waals surface area contributed by atoms with Crippen LogP contribution in [0.5, 0.6) is 11.5 Å². The first-order valence-corrected chi connectivity index (χ1v) is 11.9. The Hall–Kier alpha value is -3.44. The van der Waals surface area contributed by atoms with Gasteiger partial charge in [0.05, 0.1) is 6.61 Å². The van der Waals surface area contributed by atoms with Gasteiger partial charge in [-0.2, -0.15) is 8.78 Å². The van der Waals surface area contributed by atoms with Gasteiger partial charge in [-0.3, -0.25) is 0 Å². The van der Waals surface area contributed by atoms with Crippen molar-refractivity contribution in [3.05, 3.63) is 70.1 Å². The van der Waals surface area contributed by atoms with Crippen molar-refractivity contribution in [2.45, 2.75) is 32.0 Å². The summed E-state index contributed by atoms with van der Waals surface area (Å²) in [7, 11) is 0. The van der Waals surface area contributed by atoms with Crippen molar-refractivity contribution in [1.29, 1.82) is 0 Å². The lowest BCUT2D eigenvalue weighted by molar-refractivity contribution is -0.377. The molecule has 1 aliphatic carbocycles. The van der Waals surface area contributed by atoms with E-state index in [2.05, 4.69) is 14.7 Å². The summed E-state index contributed by atoms with van der Waals surface area (Å²) in [6.07, 6.45) is 6.11. The van der Waals surface area contributed by atoms with E-state index in [1.54, 1.807) is 0 Å². The third-order valence-electron chi connectivity index (χ3n) is 5.35. The van der Waals surface area contributed by atoms with E-state index in [1.165, 1.54) is 30.6 Å². The molecule has 1 fully saturated rings. The fourth-order valence-electron chi connectivity index (χ4n) is 3.31. The molecule has 0 aliphatic heterocycles. The molecule has 196 valence electrons. The van der Waals surface area contributed by atoms with Crippen molar-refractivity contribution >= 4 is 35.1 Å². The second-order valence-corrected chi connectivity index (χ2v) is 8.92. The van der Waals surface area contributed by atoms with Crippen LogP contribution in [0.3, 0.4) is 0 Å². The van der Waals surface area contributed by atoms with E-state index in [9.17, 15) is 18.4 Å². The third kappa shape index (κ3) is 7.53. The molecule has 0 radical (unpaired) electrons. The van der Waals surface area contributed by atoms with Crippen molar-refractivity contribution in [3.63, 3.8) is 0 Å². The summed E-state index contributed by atoms with van der Waals surface area (Å²) < 4.78 is 51.4. The number of oxazole rings is 1. The van der Waals surface area contributed by atoms with Gasteiger partial charge < -0.3 is 23.4 Å². The molecule has 1 atom stereocenters. The molecule has 1 N–H and O–H groups in total. The van der Waals surface area contributed by atoms with E-state index in [4.69, 9.17) is 41.8 Å². The zero-order chi connectivity index (χ0) is 26.4. The Kier molecular flexibility index (Phi) is 8.78. The van der Waals surface area contributed by atoms with Crippen LogP contribution in [0.4, 0.5) is 8.78 Å². The Labute approximate surface area is 219 Å². The molecule has 4 rings (SSSR count). The SMILES string of the molecule is O=C(COC(=O)c1cocn1)O[C@@H](Cc1c(Cl)c[nH+]cc1Cl)c1ccc(OC(F)F)c(OCC2CC2)c1. The summed E-state index contributed by atoms with van der Waals surface area (Å²) in [6.45, 7) is -3.44. The lowest BCUT2D eigenvalue weighted by atomic mass is 10.0. The van der Waals surface area contributed by atoms with Crippen LogP contribution in [0.15, 0.2) is 47.7 Å². The third-order valence-corrected chi connectivity index (χ3v) is 6.02. The van der Waals surface area contributed by atoms with E-state index >= 15 is 0 Å². The second kappa shape index (κ2) is 12.2. The molecule has 1 aliphatic rings. The fraction of sp³-hybridized carbons (Fsp3) is 0.333. The van der Waals surface area contributed by atoms with Crippen molar-refractivity contribution < 1.29 is 46.7 Å². The molecule has 2 heterocycles. The molecule has 13 heteroatoms. The topological polar surface area (TPSA) is 111 Å². The van der Waals surface area contributed by atoms with Gasteiger partial charge in [-0.1, -0.05) is 29.3 Å².